The van der Waals surface area contributed by atoms with Gasteiger partial charge >= 0.3 is 0 Å². The number of hydrogen-bond donors (Lipinski definition) is 1. The fraction of sp³-hybridized carbons (Fsp3) is 0.0909. The molecule has 0 spiro atoms. The minimum Gasteiger partial charge on any atom is -0.339 e. The molecule has 0 fully saturated rings. The van der Waals surface area contributed by atoms with Gasteiger partial charge in [-0.3, -0.25) is 9.78 Å². The lowest BCUT2D eigenvalue weighted by molar-refractivity contribution is 0.102. The van der Waals surface area contributed by atoms with Gasteiger partial charge in [-0.15, -0.1) is 0 Å². The van der Waals surface area contributed by atoms with Crippen LogP contribution in [0.1, 0.15) is 27.4 Å². The van der Waals surface area contributed by atoms with Gasteiger partial charge in [-0.05, 0) is 42.8 Å². The molecule has 0 aliphatic carbocycles. The summed E-state index contributed by atoms with van der Waals surface area (Å²) in [4.78, 5) is 21.0. The van der Waals surface area contributed by atoms with Gasteiger partial charge in [0.05, 0.1) is 6.42 Å². The molecule has 28 heavy (non-hydrogen) atoms. The quantitative estimate of drug-likeness (QED) is 0.567. The first kappa shape index (κ1) is 17.6. The summed E-state index contributed by atoms with van der Waals surface area (Å²) in [5.41, 5.74) is 4.11. The van der Waals surface area contributed by atoms with Crippen molar-refractivity contribution in [3.05, 3.63) is 95.6 Å². The molecule has 0 radical (unpaired) electrons. The molecule has 0 unspecified atom stereocenters. The van der Waals surface area contributed by atoms with E-state index in [0.29, 0.717) is 23.7 Å². The first-order valence-corrected chi connectivity index (χ1v) is 8.88. The molecule has 6 heteroatoms. The highest BCUT2D eigenvalue weighted by molar-refractivity contribution is 6.04. The van der Waals surface area contributed by atoms with Crippen LogP contribution in [-0.2, 0) is 6.42 Å². The summed E-state index contributed by atoms with van der Waals surface area (Å²) in [6.07, 6.45) is 3.78. The van der Waals surface area contributed by atoms with Crippen molar-refractivity contribution in [2.24, 2.45) is 0 Å². The van der Waals surface area contributed by atoms with Gasteiger partial charge in [-0.25, -0.2) is 0 Å². The number of nitrogens with one attached hydrogen (secondary N) is 1. The number of carbonyl (C=O) groups excluding carboxylic acids is 1. The molecule has 2 aromatic heterocycles. The third-order valence-electron chi connectivity index (χ3n) is 4.29. The lowest BCUT2D eigenvalue weighted by atomic mass is 10.1. The Hall–Kier alpha value is -3.80. The van der Waals surface area contributed by atoms with E-state index < -0.39 is 0 Å². The van der Waals surface area contributed by atoms with Crippen LogP contribution < -0.4 is 5.32 Å². The Labute approximate surface area is 162 Å². The molecule has 0 aliphatic heterocycles. The molecule has 0 saturated heterocycles. The number of pyridine rings is 1. The van der Waals surface area contributed by atoms with E-state index in [-0.39, 0.29) is 5.91 Å². The van der Waals surface area contributed by atoms with Crippen molar-refractivity contribution in [3.63, 3.8) is 0 Å². The van der Waals surface area contributed by atoms with E-state index in [4.69, 9.17) is 4.52 Å². The highest BCUT2D eigenvalue weighted by Gasteiger charge is 2.13. The maximum Gasteiger partial charge on any atom is 0.255 e. The fourth-order valence-corrected chi connectivity index (χ4v) is 2.89. The first-order valence-electron chi connectivity index (χ1n) is 8.88. The summed E-state index contributed by atoms with van der Waals surface area (Å²) in [6, 6.07) is 18.7. The molecule has 138 valence electrons. The molecule has 2 heterocycles. The Bertz CT molecular complexity index is 1110. The van der Waals surface area contributed by atoms with Crippen molar-refractivity contribution in [3.8, 4) is 11.4 Å². The summed E-state index contributed by atoms with van der Waals surface area (Å²) in [6.45, 7) is 1.96. The van der Waals surface area contributed by atoms with Crippen molar-refractivity contribution >= 4 is 11.6 Å². The Morgan fingerprint density at radius 3 is 2.68 bits per heavy atom. The van der Waals surface area contributed by atoms with E-state index in [1.165, 1.54) is 0 Å². The third kappa shape index (κ3) is 3.96. The molecule has 4 aromatic rings. The number of aryl methyl sites for hydroxylation is 1. The van der Waals surface area contributed by atoms with Crippen LogP contribution in [0.5, 0.6) is 0 Å². The highest BCUT2D eigenvalue weighted by atomic mass is 16.5. The van der Waals surface area contributed by atoms with Gasteiger partial charge in [0.2, 0.25) is 11.7 Å². The molecule has 0 atom stereocenters. The zero-order valence-electron chi connectivity index (χ0n) is 15.3. The standard InChI is InChI=1S/C22H18N4O2/c1-15-5-4-7-18(13-15)22(27)24-19-8-3-2-6-17(19)14-20-25-21(26-28-20)16-9-11-23-12-10-16/h2-13H,14H2,1H3,(H,24,27). The molecule has 6 nitrogen and oxygen atoms in total. The maximum atomic E-state index is 12.6. The number of benzene rings is 2. The minimum atomic E-state index is -0.154. The monoisotopic (exact) mass is 370 g/mol. The molecule has 0 saturated carbocycles. The summed E-state index contributed by atoms with van der Waals surface area (Å²) >= 11 is 0. The van der Waals surface area contributed by atoms with Crippen molar-refractivity contribution in [1.82, 2.24) is 15.1 Å². The van der Waals surface area contributed by atoms with Crippen molar-refractivity contribution in [2.75, 3.05) is 5.32 Å². The molecular weight excluding hydrogens is 352 g/mol. The fourth-order valence-electron chi connectivity index (χ4n) is 2.89. The number of carbonyl (C=O) groups is 1. The van der Waals surface area contributed by atoms with E-state index in [1.807, 2.05) is 61.5 Å². The van der Waals surface area contributed by atoms with Crippen LogP contribution in [0.2, 0.25) is 0 Å². The number of aromatic nitrogens is 3. The summed E-state index contributed by atoms with van der Waals surface area (Å²) in [5, 5.41) is 7.00. The number of anilines is 1. The number of amides is 1. The second kappa shape index (κ2) is 7.84. The molecular formula is C22H18N4O2. The normalized spacial score (nSPS) is 10.6. The number of rotatable bonds is 5. The van der Waals surface area contributed by atoms with E-state index in [1.54, 1.807) is 18.5 Å². The van der Waals surface area contributed by atoms with E-state index >= 15 is 0 Å². The third-order valence-corrected chi connectivity index (χ3v) is 4.29. The Balaban J connectivity index is 1.54. The minimum absolute atomic E-state index is 0.154. The zero-order valence-corrected chi connectivity index (χ0v) is 15.3. The summed E-state index contributed by atoms with van der Waals surface area (Å²) < 4.78 is 5.39. The van der Waals surface area contributed by atoms with Gasteiger partial charge in [-0.2, -0.15) is 4.98 Å². The van der Waals surface area contributed by atoms with E-state index in [9.17, 15) is 4.79 Å². The molecule has 0 aliphatic rings. The molecule has 4 rings (SSSR count). The van der Waals surface area contributed by atoms with Gasteiger partial charge in [-0.1, -0.05) is 41.1 Å². The van der Waals surface area contributed by atoms with Gasteiger partial charge in [0.15, 0.2) is 0 Å². The SMILES string of the molecule is Cc1cccc(C(=O)Nc2ccccc2Cc2nc(-c3ccncc3)no2)c1. The van der Waals surface area contributed by atoms with Crippen molar-refractivity contribution in [1.29, 1.82) is 0 Å². The van der Waals surface area contributed by atoms with Crippen LogP contribution in [0.3, 0.4) is 0 Å². The number of hydrogen-bond acceptors (Lipinski definition) is 5. The van der Waals surface area contributed by atoms with Crippen LogP contribution >= 0.6 is 0 Å². The Kier molecular flexibility index (Phi) is 4.93. The van der Waals surface area contributed by atoms with Crippen LogP contribution in [0.15, 0.2) is 77.6 Å². The Morgan fingerprint density at radius 2 is 1.86 bits per heavy atom. The summed E-state index contributed by atoms with van der Waals surface area (Å²) in [7, 11) is 0. The highest BCUT2D eigenvalue weighted by Crippen LogP contribution is 2.21. The lowest BCUT2D eigenvalue weighted by Crippen LogP contribution is -2.13. The Morgan fingerprint density at radius 1 is 1.04 bits per heavy atom. The topological polar surface area (TPSA) is 80.9 Å². The smallest absolute Gasteiger partial charge is 0.255 e. The predicted octanol–water partition coefficient (Wildman–Crippen LogP) is 4.28. The number of nitrogens with zero attached hydrogens (tertiary/aromatic N) is 3. The van der Waals surface area contributed by atoms with Gasteiger partial charge in [0.25, 0.3) is 5.91 Å². The average Bonchev–Trinajstić information content (AvgIpc) is 3.19. The van der Waals surface area contributed by atoms with Gasteiger partial charge in [0.1, 0.15) is 0 Å². The van der Waals surface area contributed by atoms with Crippen molar-refractivity contribution < 1.29 is 9.32 Å². The predicted molar refractivity (Wildman–Crippen MR) is 106 cm³/mol. The largest absolute Gasteiger partial charge is 0.339 e. The maximum absolute atomic E-state index is 12.6. The molecule has 0 bridgehead atoms. The molecule has 1 N–H and O–H groups in total. The number of para-hydroxylation sites is 1. The van der Waals surface area contributed by atoms with Crippen LogP contribution in [-0.4, -0.2) is 21.0 Å². The second-order valence-electron chi connectivity index (χ2n) is 6.41. The first-order chi connectivity index (χ1) is 13.7. The van der Waals surface area contributed by atoms with E-state index in [2.05, 4.69) is 20.4 Å². The lowest BCUT2D eigenvalue weighted by Gasteiger charge is -2.10. The second-order valence-corrected chi connectivity index (χ2v) is 6.41. The van der Waals surface area contributed by atoms with Gasteiger partial charge in [0, 0.05) is 29.2 Å². The average molecular weight is 370 g/mol. The molecule has 1 amide bonds. The van der Waals surface area contributed by atoms with Crippen molar-refractivity contribution in [2.45, 2.75) is 13.3 Å². The summed E-state index contributed by atoms with van der Waals surface area (Å²) in [5.74, 6) is 0.835. The van der Waals surface area contributed by atoms with Crippen LogP contribution in [0, 0.1) is 6.92 Å². The van der Waals surface area contributed by atoms with Gasteiger partial charge < -0.3 is 9.84 Å². The van der Waals surface area contributed by atoms with Crippen LogP contribution in [0.4, 0.5) is 5.69 Å². The van der Waals surface area contributed by atoms with E-state index in [0.717, 1.165) is 22.4 Å². The zero-order chi connectivity index (χ0) is 19.3. The molecule has 2 aromatic carbocycles. The van der Waals surface area contributed by atoms with Crippen LogP contribution in [0.25, 0.3) is 11.4 Å².